The predicted molar refractivity (Wildman–Crippen MR) is 143 cm³/mol. The van der Waals surface area contributed by atoms with Crippen molar-refractivity contribution in [3.63, 3.8) is 0 Å². The van der Waals surface area contributed by atoms with Crippen LogP contribution in [0.5, 0.6) is 0 Å². The molecule has 3 rings (SSSR count). The molecular formula is C26H26ClN2NaO3S2. The maximum Gasteiger partial charge on any atom is 1.00 e. The molecule has 2 aromatic carbocycles. The van der Waals surface area contributed by atoms with Crippen LogP contribution in [-0.4, -0.2) is 47.4 Å². The standard InChI is InChI=1S/C26H27ClN2O3S2.Na/c1-29(2)24(30)12-14-33-26(34-15-13-25(31)32)20-5-3-4-18(16-20)6-10-22-11-8-19-7-9-21(27)17-23(19)28-22;/h3-11,16-17,26H,12-15H2,1-2H3,(H,31,32);/q;+1/p-1/b10-6+;/t26-;/m1./s1. The van der Waals surface area contributed by atoms with E-state index in [0.29, 0.717) is 22.9 Å². The number of carboxylic acids is 1. The number of benzene rings is 2. The number of carbonyl (C=O) groups is 2. The van der Waals surface area contributed by atoms with Crippen molar-refractivity contribution in [3.8, 4) is 0 Å². The number of carbonyl (C=O) groups excluding carboxylic acids is 2. The second-order valence-electron chi connectivity index (χ2n) is 7.81. The third-order valence-electron chi connectivity index (χ3n) is 4.96. The maximum absolute atomic E-state index is 11.9. The van der Waals surface area contributed by atoms with E-state index >= 15 is 0 Å². The Bertz CT molecular complexity index is 1190. The van der Waals surface area contributed by atoms with Crippen molar-refractivity contribution in [2.24, 2.45) is 0 Å². The molecule has 1 atom stereocenters. The first-order valence-electron chi connectivity index (χ1n) is 10.8. The van der Waals surface area contributed by atoms with Crippen LogP contribution in [0.3, 0.4) is 0 Å². The fourth-order valence-corrected chi connectivity index (χ4v) is 5.97. The molecule has 0 radical (unpaired) electrons. The molecule has 0 aliphatic heterocycles. The molecule has 0 N–H and O–H groups in total. The number of hydrogen-bond donors (Lipinski definition) is 0. The van der Waals surface area contributed by atoms with Gasteiger partial charge in [-0.2, -0.15) is 0 Å². The van der Waals surface area contributed by atoms with Gasteiger partial charge in [0.25, 0.3) is 0 Å². The van der Waals surface area contributed by atoms with Gasteiger partial charge < -0.3 is 14.8 Å². The van der Waals surface area contributed by atoms with Crippen molar-refractivity contribution < 1.29 is 44.3 Å². The summed E-state index contributed by atoms with van der Waals surface area (Å²) >= 11 is 9.30. The van der Waals surface area contributed by atoms with Crippen LogP contribution in [-0.2, 0) is 9.59 Å². The molecule has 0 saturated heterocycles. The second kappa shape index (κ2) is 14.9. The van der Waals surface area contributed by atoms with E-state index in [-0.39, 0.29) is 46.5 Å². The number of thioether (sulfide) groups is 2. The minimum atomic E-state index is -1.06. The summed E-state index contributed by atoms with van der Waals surface area (Å²) in [6.07, 6.45) is 4.40. The molecule has 1 aromatic heterocycles. The smallest absolute Gasteiger partial charge is 0.550 e. The molecule has 0 saturated carbocycles. The van der Waals surface area contributed by atoms with E-state index < -0.39 is 5.97 Å². The average Bonchev–Trinajstić information content (AvgIpc) is 2.81. The molecule has 35 heavy (non-hydrogen) atoms. The number of nitrogens with zero attached hydrogens (tertiary/aromatic N) is 2. The summed E-state index contributed by atoms with van der Waals surface area (Å²) < 4.78 is 0.0172. The van der Waals surface area contributed by atoms with Crippen LogP contribution in [0, 0.1) is 0 Å². The van der Waals surface area contributed by atoms with E-state index in [1.807, 2.05) is 60.7 Å². The summed E-state index contributed by atoms with van der Waals surface area (Å²) in [5.74, 6) is 0.126. The fraction of sp³-hybridized carbons (Fsp3) is 0.269. The van der Waals surface area contributed by atoms with E-state index in [2.05, 4.69) is 11.1 Å². The number of halogens is 1. The first kappa shape index (κ1) is 29.7. The molecule has 178 valence electrons. The van der Waals surface area contributed by atoms with Gasteiger partial charge in [-0.1, -0.05) is 48.0 Å². The van der Waals surface area contributed by atoms with Gasteiger partial charge in [-0.3, -0.25) is 4.79 Å². The summed E-state index contributed by atoms with van der Waals surface area (Å²) in [7, 11) is 3.49. The molecule has 9 heteroatoms. The van der Waals surface area contributed by atoms with Crippen LogP contribution < -0.4 is 34.7 Å². The minimum absolute atomic E-state index is 0. The summed E-state index contributed by atoms with van der Waals surface area (Å²) in [6, 6.07) is 17.8. The molecule has 0 bridgehead atoms. The molecule has 1 amide bonds. The monoisotopic (exact) mass is 536 g/mol. The quantitative estimate of drug-likeness (QED) is 0.276. The Balaban J connectivity index is 0.00000432. The van der Waals surface area contributed by atoms with Crippen molar-refractivity contribution in [3.05, 3.63) is 76.4 Å². The average molecular weight is 537 g/mol. The van der Waals surface area contributed by atoms with Gasteiger partial charge in [0.15, 0.2) is 0 Å². The normalized spacial score (nSPS) is 11.9. The Kier molecular flexibility index (Phi) is 12.7. The van der Waals surface area contributed by atoms with Crippen LogP contribution in [0.15, 0.2) is 54.6 Å². The molecular weight excluding hydrogens is 511 g/mol. The Hall–Kier alpha value is -1.48. The topological polar surface area (TPSA) is 73.3 Å². The van der Waals surface area contributed by atoms with Crippen LogP contribution in [0.4, 0.5) is 0 Å². The van der Waals surface area contributed by atoms with Crippen molar-refractivity contribution in [2.45, 2.75) is 17.4 Å². The molecule has 0 aliphatic carbocycles. The van der Waals surface area contributed by atoms with Crippen LogP contribution >= 0.6 is 35.1 Å². The zero-order chi connectivity index (χ0) is 24.5. The number of carboxylic acid groups (broad SMARTS) is 1. The third kappa shape index (κ3) is 9.83. The minimum Gasteiger partial charge on any atom is -0.550 e. The Morgan fingerprint density at radius 2 is 1.74 bits per heavy atom. The molecule has 0 unspecified atom stereocenters. The zero-order valence-electron chi connectivity index (χ0n) is 20.1. The van der Waals surface area contributed by atoms with Crippen LogP contribution in [0.2, 0.25) is 5.02 Å². The van der Waals surface area contributed by atoms with Crippen molar-refractivity contribution in [1.82, 2.24) is 9.88 Å². The van der Waals surface area contributed by atoms with E-state index in [1.54, 1.807) is 42.5 Å². The van der Waals surface area contributed by atoms with E-state index in [4.69, 9.17) is 11.6 Å². The third-order valence-corrected chi connectivity index (χ3v) is 8.05. The van der Waals surface area contributed by atoms with Gasteiger partial charge in [-0.25, -0.2) is 4.98 Å². The van der Waals surface area contributed by atoms with Gasteiger partial charge in [-0.15, -0.1) is 23.5 Å². The molecule has 0 aliphatic rings. The van der Waals surface area contributed by atoms with Gasteiger partial charge in [0, 0.05) is 42.6 Å². The first-order chi connectivity index (χ1) is 16.3. The Morgan fingerprint density at radius 3 is 2.46 bits per heavy atom. The van der Waals surface area contributed by atoms with E-state index in [0.717, 1.165) is 27.7 Å². The van der Waals surface area contributed by atoms with Crippen molar-refractivity contribution in [2.75, 3.05) is 25.6 Å². The van der Waals surface area contributed by atoms with Gasteiger partial charge in [0.2, 0.25) is 5.91 Å². The van der Waals surface area contributed by atoms with Gasteiger partial charge in [0.1, 0.15) is 0 Å². The molecule has 3 aromatic rings. The summed E-state index contributed by atoms with van der Waals surface area (Å²) in [4.78, 5) is 29.0. The van der Waals surface area contributed by atoms with Gasteiger partial charge in [-0.05, 0) is 53.6 Å². The Labute approximate surface area is 242 Å². The van der Waals surface area contributed by atoms with E-state index in [1.165, 1.54) is 0 Å². The number of hydrogen-bond acceptors (Lipinski definition) is 6. The van der Waals surface area contributed by atoms with Crippen molar-refractivity contribution >= 4 is 70.1 Å². The molecule has 0 fully saturated rings. The number of fused-ring (bicyclic) bond motifs is 1. The number of rotatable bonds is 11. The molecule has 1 heterocycles. The summed E-state index contributed by atoms with van der Waals surface area (Å²) in [6.45, 7) is 0. The number of aromatic nitrogens is 1. The number of aliphatic carboxylic acids is 1. The number of pyridine rings is 1. The zero-order valence-corrected chi connectivity index (χ0v) is 24.5. The Morgan fingerprint density at radius 1 is 1.03 bits per heavy atom. The van der Waals surface area contributed by atoms with Gasteiger partial charge >= 0.3 is 29.6 Å². The maximum atomic E-state index is 11.9. The van der Waals surface area contributed by atoms with E-state index in [9.17, 15) is 14.7 Å². The second-order valence-corrected chi connectivity index (χ2v) is 11.0. The first-order valence-corrected chi connectivity index (χ1v) is 13.3. The molecule has 5 nitrogen and oxygen atoms in total. The molecule has 0 spiro atoms. The largest absolute Gasteiger partial charge is 1.00 e. The fourth-order valence-electron chi connectivity index (χ4n) is 3.16. The van der Waals surface area contributed by atoms with Crippen LogP contribution in [0.1, 0.15) is 34.2 Å². The predicted octanol–water partition coefficient (Wildman–Crippen LogP) is 2.15. The van der Waals surface area contributed by atoms with Crippen LogP contribution in [0.25, 0.3) is 23.1 Å². The number of amides is 1. The van der Waals surface area contributed by atoms with Gasteiger partial charge in [0.05, 0.1) is 15.8 Å². The van der Waals surface area contributed by atoms with Crippen molar-refractivity contribution in [1.29, 1.82) is 0 Å². The summed E-state index contributed by atoms with van der Waals surface area (Å²) in [5, 5.41) is 12.6. The SMILES string of the molecule is CN(C)C(=O)CCS[C@H](SCCC(=O)[O-])c1cccc(/C=C/c2ccc3ccc(Cl)cc3n2)c1.[Na+]. The summed E-state index contributed by atoms with van der Waals surface area (Å²) in [5.41, 5.74) is 3.76.